The average Bonchev–Trinajstić information content (AvgIpc) is 3.21. The zero-order valence-corrected chi connectivity index (χ0v) is 26.2. The van der Waals surface area contributed by atoms with E-state index in [9.17, 15) is 4.79 Å². The number of aryl methyl sites for hydroxylation is 1. The molecule has 216 valence electrons. The van der Waals surface area contributed by atoms with Crippen molar-refractivity contribution in [2.75, 3.05) is 7.11 Å². The van der Waals surface area contributed by atoms with Gasteiger partial charge in [-0.1, -0.05) is 87.9 Å². The molecule has 3 aromatic rings. The third-order valence-electron chi connectivity index (χ3n) is 9.64. The van der Waals surface area contributed by atoms with Crippen LogP contribution in [0.2, 0.25) is 0 Å². The fraction of sp³-hybridized carbons (Fsp3) is 0.541. The SMILES string of the molecule is CCc1c(-c2ccccc2)c(-c2ccc(C)cc2)c(CCC2CC(CC(=O)OC)CC(C)(C)C(C)C2)n1C(C)C. The van der Waals surface area contributed by atoms with E-state index in [1.807, 2.05) is 0 Å². The minimum Gasteiger partial charge on any atom is -0.469 e. The molecule has 0 radical (unpaired) electrons. The Bertz CT molecular complexity index is 1270. The Kier molecular flexibility index (Phi) is 9.64. The Morgan fingerprint density at radius 3 is 2.17 bits per heavy atom. The van der Waals surface area contributed by atoms with E-state index >= 15 is 0 Å². The van der Waals surface area contributed by atoms with E-state index in [1.54, 1.807) is 0 Å². The summed E-state index contributed by atoms with van der Waals surface area (Å²) in [5.41, 5.74) is 9.85. The minimum absolute atomic E-state index is 0.0652. The van der Waals surface area contributed by atoms with Crippen LogP contribution in [0.4, 0.5) is 0 Å². The average molecular weight is 542 g/mol. The molecule has 1 heterocycles. The highest BCUT2D eigenvalue weighted by Crippen LogP contribution is 2.47. The summed E-state index contributed by atoms with van der Waals surface area (Å²) in [6.07, 6.45) is 7.15. The predicted octanol–water partition coefficient (Wildman–Crippen LogP) is 9.85. The van der Waals surface area contributed by atoms with Gasteiger partial charge in [0.25, 0.3) is 0 Å². The van der Waals surface area contributed by atoms with E-state index < -0.39 is 0 Å². The maximum absolute atomic E-state index is 12.3. The third-order valence-corrected chi connectivity index (χ3v) is 9.64. The molecule has 1 fully saturated rings. The molecule has 0 bridgehead atoms. The number of methoxy groups -OCH3 is 1. The Balaban J connectivity index is 1.78. The van der Waals surface area contributed by atoms with Crippen molar-refractivity contribution in [1.82, 2.24) is 4.57 Å². The second-order valence-corrected chi connectivity index (χ2v) is 13.3. The van der Waals surface area contributed by atoms with E-state index in [4.69, 9.17) is 4.74 Å². The van der Waals surface area contributed by atoms with Crippen LogP contribution in [0.25, 0.3) is 22.3 Å². The Morgan fingerprint density at radius 1 is 0.950 bits per heavy atom. The fourth-order valence-electron chi connectivity index (χ4n) is 7.32. The highest BCUT2D eigenvalue weighted by atomic mass is 16.5. The van der Waals surface area contributed by atoms with E-state index in [1.165, 1.54) is 52.7 Å². The van der Waals surface area contributed by atoms with Crippen LogP contribution in [-0.2, 0) is 22.4 Å². The van der Waals surface area contributed by atoms with Crippen molar-refractivity contribution in [2.24, 2.45) is 23.2 Å². The number of ether oxygens (including phenoxy) is 1. The first-order chi connectivity index (χ1) is 19.1. The summed E-state index contributed by atoms with van der Waals surface area (Å²) in [6, 6.07) is 20.5. The maximum atomic E-state index is 12.3. The van der Waals surface area contributed by atoms with Gasteiger partial charge < -0.3 is 9.30 Å². The molecule has 3 atom stereocenters. The lowest BCUT2D eigenvalue weighted by atomic mass is 9.73. The second kappa shape index (κ2) is 12.8. The van der Waals surface area contributed by atoms with Crippen LogP contribution in [0.1, 0.15) is 96.6 Å². The van der Waals surface area contributed by atoms with Crippen LogP contribution in [-0.4, -0.2) is 17.6 Å². The Hall–Kier alpha value is -2.81. The zero-order chi connectivity index (χ0) is 29.0. The normalized spacial score (nSPS) is 20.9. The summed E-state index contributed by atoms with van der Waals surface area (Å²) in [5, 5.41) is 0. The number of esters is 1. The monoisotopic (exact) mass is 541 g/mol. The van der Waals surface area contributed by atoms with Crippen molar-refractivity contribution in [3.8, 4) is 22.3 Å². The van der Waals surface area contributed by atoms with Crippen LogP contribution in [0.15, 0.2) is 54.6 Å². The molecule has 40 heavy (non-hydrogen) atoms. The molecule has 4 rings (SSSR count). The predicted molar refractivity (Wildman–Crippen MR) is 169 cm³/mol. The molecule has 0 aliphatic heterocycles. The molecule has 0 spiro atoms. The van der Waals surface area contributed by atoms with Gasteiger partial charge in [-0.15, -0.1) is 0 Å². The maximum Gasteiger partial charge on any atom is 0.305 e. The molecule has 3 heteroatoms. The fourth-order valence-corrected chi connectivity index (χ4v) is 7.32. The largest absolute Gasteiger partial charge is 0.469 e. The van der Waals surface area contributed by atoms with Crippen molar-refractivity contribution >= 4 is 5.97 Å². The van der Waals surface area contributed by atoms with Gasteiger partial charge in [0.05, 0.1) is 7.11 Å². The number of carbonyl (C=O) groups is 1. The lowest BCUT2D eigenvalue weighted by Gasteiger charge is -2.32. The van der Waals surface area contributed by atoms with Crippen molar-refractivity contribution in [3.05, 3.63) is 71.5 Å². The number of benzene rings is 2. The molecule has 0 saturated heterocycles. The highest BCUT2D eigenvalue weighted by molar-refractivity contribution is 5.88. The number of aromatic nitrogens is 1. The lowest BCUT2D eigenvalue weighted by Crippen LogP contribution is -2.23. The number of hydrogen-bond donors (Lipinski definition) is 0. The topological polar surface area (TPSA) is 31.2 Å². The molecule has 1 saturated carbocycles. The summed E-state index contributed by atoms with van der Waals surface area (Å²) in [4.78, 5) is 12.3. The van der Waals surface area contributed by atoms with Gasteiger partial charge in [0, 0.05) is 35.0 Å². The minimum atomic E-state index is -0.0652. The molecule has 2 aromatic carbocycles. The van der Waals surface area contributed by atoms with Gasteiger partial charge >= 0.3 is 5.97 Å². The Morgan fingerprint density at radius 2 is 1.57 bits per heavy atom. The molecular weight excluding hydrogens is 490 g/mol. The first kappa shape index (κ1) is 30.2. The van der Waals surface area contributed by atoms with Gasteiger partial charge in [-0.2, -0.15) is 0 Å². The van der Waals surface area contributed by atoms with Crippen molar-refractivity contribution in [1.29, 1.82) is 0 Å². The molecule has 1 aromatic heterocycles. The van der Waals surface area contributed by atoms with Crippen LogP contribution in [0.5, 0.6) is 0 Å². The quantitative estimate of drug-likeness (QED) is 0.199. The van der Waals surface area contributed by atoms with Gasteiger partial charge in [0.15, 0.2) is 0 Å². The lowest BCUT2D eigenvalue weighted by molar-refractivity contribution is -0.142. The smallest absolute Gasteiger partial charge is 0.305 e. The summed E-state index contributed by atoms with van der Waals surface area (Å²) in [7, 11) is 1.52. The molecule has 3 nitrogen and oxygen atoms in total. The Labute approximate surface area is 243 Å². The zero-order valence-electron chi connectivity index (χ0n) is 26.2. The highest BCUT2D eigenvalue weighted by Gasteiger charge is 2.37. The number of rotatable bonds is 9. The van der Waals surface area contributed by atoms with Crippen molar-refractivity contribution in [3.63, 3.8) is 0 Å². The van der Waals surface area contributed by atoms with Crippen molar-refractivity contribution < 1.29 is 9.53 Å². The third kappa shape index (κ3) is 6.56. The summed E-state index contributed by atoms with van der Waals surface area (Å²) < 4.78 is 7.74. The van der Waals surface area contributed by atoms with Gasteiger partial charge in [-0.3, -0.25) is 4.79 Å². The van der Waals surface area contributed by atoms with Gasteiger partial charge in [0.2, 0.25) is 0 Å². The molecule has 1 aliphatic rings. The standard InChI is InChI=1S/C37H51NO2/c1-9-32-35(30-13-11-10-12-14-30)36(31-18-15-26(4)16-19-31)33(38(32)25(2)3)20-17-28-21-27(5)37(6,7)24-29(22-28)23-34(39)40-8/h10-16,18-19,25,27-29H,9,17,20-24H2,1-8H3. The molecule has 3 unspecified atom stereocenters. The van der Waals surface area contributed by atoms with Crippen molar-refractivity contribution in [2.45, 2.75) is 99.5 Å². The van der Waals surface area contributed by atoms with E-state index in [0.29, 0.717) is 30.2 Å². The van der Waals surface area contributed by atoms with Crippen LogP contribution < -0.4 is 0 Å². The molecule has 1 aliphatic carbocycles. The molecule has 0 N–H and O–H groups in total. The van der Waals surface area contributed by atoms with Gasteiger partial charge in [0.1, 0.15) is 0 Å². The first-order valence-electron chi connectivity index (χ1n) is 15.5. The number of nitrogens with zero attached hydrogens (tertiary/aromatic N) is 1. The van der Waals surface area contributed by atoms with E-state index in [0.717, 1.165) is 32.1 Å². The van der Waals surface area contributed by atoms with E-state index in [2.05, 4.69) is 108 Å². The van der Waals surface area contributed by atoms with Crippen LogP contribution in [0, 0.1) is 30.1 Å². The number of carbonyl (C=O) groups excluding carboxylic acids is 1. The first-order valence-corrected chi connectivity index (χ1v) is 15.5. The second-order valence-electron chi connectivity index (χ2n) is 13.3. The van der Waals surface area contributed by atoms with E-state index in [-0.39, 0.29) is 11.4 Å². The summed E-state index contributed by atoms with van der Waals surface area (Å²) >= 11 is 0. The molecular formula is C37H51NO2. The van der Waals surface area contributed by atoms with Crippen LogP contribution >= 0.6 is 0 Å². The van der Waals surface area contributed by atoms with Crippen LogP contribution in [0.3, 0.4) is 0 Å². The summed E-state index contributed by atoms with van der Waals surface area (Å²) in [5.74, 6) is 1.54. The number of hydrogen-bond acceptors (Lipinski definition) is 2. The molecule has 0 amide bonds. The van der Waals surface area contributed by atoms with Gasteiger partial charge in [-0.05, 0) is 93.6 Å². The summed E-state index contributed by atoms with van der Waals surface area (Å²) in [6.45, 7) is 16.3. The van der Waals surface area contributed by atoms with Gasteiger partial charge in [-0.25, -0.2) is 0 Å².